The predicted molar refractivity (Wildman–Crippen MR) is 103 cm³/mol. The zero-order valence-electron chi connectivity index (χ0n) is 14.5. The second-order valence-corrected chi connectivity index (χ2v) is 7.03. The van der Waals surface area contributed by atoms with Crippen LogP contribution in [0.15, 0.2) is 42.5 Å². The predicted octanol–water partition coefficient (Wildman–Crippen LogP) is 3.80. The van der Waals surface area contributed by atoms with E-state index in [9.17, 15) is 4.79 Å². The fourth-order valence-electron chi connectivity index (χ4n) is 3.39. The molecule has 1 fully saturated rings. The smallest absolute Gasteiger partial charge is 0.251 e. The van der Waals surface area contributed by atoms with Crippen LogP contribution >= 0.6 is 11.6 Å². The van der Waals surface area contributed by atoms with Crippen molar-refractivity contribution in [1.29, 1.82) is 0 Å². The number of carbonyl (C=O) groups excluding carboxylic acids is 1. The first-order valence-electron chi connectivity index (χ1n) is 8.68. The largest absolute Gasteiger partial charge is 0.399 e. The van der Waals surface area contributed by atoms with Gasteiger partial charge in [-0.25, -0.2) is 0 Å². The Bertz CT molecular complexity index is 756. The standard InChI is InChI=1S/C20H24ClN3O/c1-14-7-8-17(22)12-18(14)20(25)23-13-19(24-9-2-3-10-24)15-5-4-6-16(21)11-15/h4-8,11-12,19H,2-3,9-10,13,22H2,1H3,(H,23,25). The number of hydrogen-bond acceptors (Lipinski definition) is 3. The van der Waals surface area contributed by atoms with Crippen LogP contribution in [0.25, 0.3) is 0 Å². The normalized spacial score (nSPS) is 15.9. The number of nitrogen functional groups attached to an aromatic ring is 1. The van der Waals surface area contributed by atoms with Crippen LogP contribution in [0.4, 0.5) is 5.69 Å². The van der Waals surface area contributed by atoms with Crippen molar-refractivity contribution in [3.05, 3.63) is 64.2 Å². The fraction of sp³-hybridized carbons (Fsp3) is 0.350. The summed E-state index contributed by atoms with van der Waals surface area (Å²) in [6, 6.07) is 13.5. The second kappa shape index (κ2) is 7.89. The van der Waals surface area contributed by atoms with Crippen LogP contribution in [0.1, 0.15) is 40.4 Å². The van der Waals surface area contributed by atoms with Crippen molar-refractivity contribution in [3.63, 3.8) is 0 Å². The number of anilines is 1. The van der Waals surface area contributed by atoms with E-state index in [1.807, 2.05) is 37.3 Å². The van der Waals surface area contributed by atoms with E-state index in [1.54, 1.807) is 6.07 Å². The maximum atomic E-state index is 12.6. The summed E-state index contributed by atoms with van der Waals surface area (Å²) in [6.07, 6.45) is 2.39. The van der Waals surface area contributed by atoms with Gasteiger partial charge in [-0.2, -0.15) is 0 Å². The number of nitrogens with two attached hydrogens (primary N) is 1. The number of nitrogens with zero attached hydrogens (tertiary/aromatic N) is 1. The van der Waals surface area contributed by atoms with Gasteiger partial charge in [0.15, 0.2) is 0 Å². The minimum absolute atomic E-state index is 0.0870. The Hall–Kier alpha value is -2.04. The molecule has 2 aromatic carbocycles. The lowest BCUT2D eigenvalue weighted by Gasteiger charge is -2.28. The van der Waals surface area contributed by atoms with Gasteiger partial charge in [0.25, 0.3) is 5.91 Å². The SMILES string of the molecule is Cc1ccc(N)cc1C(=O)NCC(c1cccc(Cl)c1)N1CCCC1. The summed E-state index contributed by atoms with van der Waals surface area (Å²) in [5.74, 6) is -0.0870. The molecular weight excluding hydrogens is 334 g/mol. The lowest BCUT2D eigenvalue weighted by molar-refractivity contribution is 0.0937. The average Bonchev–Trinajstić information content (AvgIpc) is 3.11. The minimum atomic E-state index is -0.0870. The summed E-state index contributed by atoms with van der Waals surface area (Å²) in [6.45, 7) is 4.56. The Morgan fingerprint density at radius 3 is 2.72 bits per heavy atom. The summed E-state index contributed by atoms with van der Waals surface area (Å²) < 4.78 is 0. The van der Waals surface area contributed by atoms with Crippen LogP contribution in [0.2, 0.25) is 5.02 Å². The number of nitrogens with one attached hydrogen (secondary N) is 1. The van der Waals surface area contributed by atoms with Gasteiger partial charge in [0.05, 0.1) is 6.04 Å². The highest BCUT2D eigenvalue weighted by molar-refractivity contribution is 6.30. The maximum absolute atomic E-state index is 12.6. The minimum Gasteiger partial charge on any atom is -0.399 e. The van der Waals surface area contributed by atoms with E-state index >= 15 is 0 Å². The van der Waals surface area contributed by atoms with Crippen molar-refractivity contribution in [1.82, 2.24) is 10.2 Å². The number of rotatable bonds is 5. The van der Waals surface area contributed by atoms with Crippen molar-refractivity contribution in [3.8, 4) is 0 Å². The van der Waals surface area contributed by atoms with Crippen LogP contribution in [0.3, 0.4) is 0 Å². The third kappa shape index (κ3) is 4.33. The van der Waals surface area contributed by atoms with Gasteiger partial charge in [-0.3, -0.25) is 9.69 Å². The molecule has 1 saturated heterocycles. The Kier molecular flexibility index (Phi) is 5.61. The van der Waals surface area contributed by atoms with Gasteiger partial charge in [-0.1, -0.05) is 29.8 Å². The van der Waals surface area contributed by atoms with Gasteiger partial charge in [-0.15, -0.1) is 0 Å². The second-order valence-electron chi connectivity index (χ2n) is 6.60. The average molecular weight is 358 g/mol. The highest BCUT2D eigenvalue weighted by Gasteiger charge is 2.24. The van der Waals surface area contributed by atoms with E-state index in [4.69, 9.17) is 17.3 Å². The van der Waals surface area contributed by atoms with E-state index in [-0.39, 0.29) is 11.9 Å². The summed E-state index contributed by atoms with van der Waals surface area (Å²) in [7, 11) is 0. The molecule has 1 atom stereocenters. The molecule has 1 aliphatic heterocycles. The number of hydrogen-bond donors (Lipinski definition) is 2. The van der Waals surface area contributed by atoms with E-state index in [0.717, 1.165) is 29.2 Å². The monoisotopic (exact) mass is 357 g/mol. The van der Waals surface area contributed by atoms with Gasteiger partial charge in [0, 0.05) is 22.8 Å². The van der Waals surface area contributed by atoms with Gasteiger partial charge in [0.1, 0.15) is 0 Å². The molecule has 3 N–H and O–H groups in total. The first-order chi connectivity index (χ1) is 12.0. The number of halogens is 1. The van der Waals surface area contributed by atoms with Gasteiger partial charge >= 0.3 is 0 Å². The lowest BCUT2D eigenvalue weighted by Crippen LogP contribution is -2.37. The van der Waals surface area contributed by atoms with E-state index in [2.05, 4.69) is 16.3 Å². The van der Waals surface area contributed by atoms with Crippen molar-refractivity contribution in [2.75, 3.05) is 25.4 Å². The van der Waals surface area contributed by atoms with Crippen molar-refractivity contribution in [2.24, 2.45) is 0 Å². The fourth-order valence-corrected chi connectivity index (χ4v) is 3.59. The molecule has 1 amide bonds. The van der Waals surface area contributed by atoms with Gasteiger partial charge in [-0.05, 0) is 68.2 Å². The molecule has 0 bridgehead atoms. The van der Waals surface area contributed by atoms with E-state index in [1.165, 1.54) is 12.8 Å². The first-order valence-corrected chi connectivity index (χ1v) is 9.06. The summed E-state index contributed by atoms with van der Waals surface area (Å²) in [4.78, 5) is 15.0. The van der Waals surface area contributed by atoms with Crippen LogP contribution in [-0.2, 0) is 0 Å². The molecule has 2 aromatic rings. The summed E-state index contributed by atoms with van der Waals surface area (Å²) in [5, 5.41) is 3.80. The lowest BCUT2D eigenvalue weighted by atomic mass is 10.0. The molecule has 0 aliphatic carbocycles. The third-order valence-corrected chi connectivity index (χ3v) is 5.01. The highest BCUT2D eigenvalue weighted by atomic mass is 35.5. The maximum Gasteiger partial charge on any atom is 0.251 e. The molecule has 3 rings (SSSR count). The molecule has 0 spiro atoms. The third-order valence-electron chi connectivity index (χ3n) is 4.78. The molecule has 1 unspecified atom stereocenters. The number of benzene rings is 2. The Morgan fingerprint density at radius 2 is 2.00 bits per heavy atom. The topological polar surface area (TPSA) is 58.4 Å². The molecule has 4 nitrogen and oxygen atoms in total. The molecule has 5 heteroatoms. The Balaban J connectivity index is 1.76. The number of carbonyl (C=O) groups is 1. The van der Waals surface area contributed by atoms with Crippen molar-refractivity contribution in [2.45, 2.75) is 25.8 Å². The van der Waals surface area contributed by atoms with Gasteiger partial charge < -0.3 is 11.1 Å². The molecule has 1 heterocycles. The zero-order chi connectivity index (χ0) is 17.8. The molecule has 0 aromatic heterocycles. The molecule has 1 aliphatic rings. The molecular formula is C20H24ClN3O. The van der Waals surface area contributed by atoms with Gasteiger partial charge in [0.2, 0.25) is 0 Å². The van der Waals surface area contributed by atoms with Crippen molar-refractivity contribution >= 4 is 23.2 Å². The summed E-state index contributed by atoms with van der Waals surface area (Å²) >= 11 is 6.17. The van der Waals surface area contributed by atoms with Crippen LogP contribution in [0.5, 0.6) is 0 Å². The molecule has 132 valence electrons. The molecule has 0 radical (unpaired) electrons. The van der Waals surface area contributed by atoms with Crippen LogP contribution < -0.4 is 11.1 Å². The first kappa shape index (κ1) is 17.8. The van der Waals surface area contributed by atoms with Crippen LogP contribution in [-0.4, -0.2) is 30.4 Å². The quantitative estimate of drug-likeness (QED) is 0.800. The Morgan fingerprint density at radius 1 is 1.24 bits per heavy atom. The highest BCUT2D eigenvalue weighted by Crippen LogP contribution is 2.26. The number of amides is 1. The zero-order valence-corrected chi connectivity index (χ0v) is 15.2. The number of aryl methyl sites for hydroxylation is 1. The Labute approximate surface area is 154 Å². The van der Waals surface area contributed by atoms with E-state index < -0.39 is 0 Å². The van der Waals surface area contributed by atoms with E-state index in [0.29, 0.717) is 17.8 Å². The van der Waals surface area contributed by atoms with Crippen molar-refractivity contribution < 1.29 is 4.79 Å². The van der Waals surface area contributed by atoms with Crippen LogP contribution in [0, 0.1) is 6.92 Å². The molecule has 25 heavy (non-hydrogen) atoms. The molecule has 0 saturated carbocycles. The number of likely N-dealkylation sites (tertiary alicyclic amines) is 1. The summed E-state index contributed by atoms with van der Waals surface area (Å²) in [5.41, 5.74) is 9.12.